The van der Waals surface area contributed by atoms with Crippen LogP contribution in [-0.4, -0.2) is 19.6 Å². The Balaban J connectivity index is 2.62. The molecule has 5 heteroatoms. The van der Waals surface area contributed by atoms with E-state index >= 15 is 0 Å². The van der Waals surface area contributed by atoms with Gasteiger partial charge in [0.2, 0.25) is 5.91 Å². The summed E-state index contributed by atoms with van der Waals surface area (Å²) in [7, 11) is 1.62. The van der Waals surface area contributed by atoms with E-state index in [0.29, 0.717) is 30.2 Å². The predicted molar refractivity (Wildman–Crippen MR) is 73.6 cm³/mol. The minimum absolute atomic E-state index is 0.0392. The number of rotatable bonds is 5. The van der Waals surface area contributed by atoms with Crippen LogP contribution in [0.2, 0.25) is 5.02 Å². The fraction of sp³-hybridized carbons (Fsp3) is 0.417. The molecule has 1 amide bonds. The predicted octanol–water partition coefficient (Wildman–Crippen LogP) is 3.78. The van der Waals surface area contributed by atoms with Gasteiger partial charge >= 0.3 is 0 Å². The number of benzene rings is 1. The van der Waals surface area contributed by atoms with E-state index in [-0.39, 0.29) is 5.91 Å². The Bertz CT molecular complexity index is 410. The van der Waals surface area contributed by atoms with E-state index in [2.05, 4.69) is 21.2 Å². The first-order valence-corrected chi connectivity index (χ1v) is 6.46. The number of aryl methyl sites for hydroxylation is 1. The van der Waals surface area contributed by atoms with Crippen molar-refractivity contribution in [3.8, 4) is 0 Å². The highest BCUT2D eigenvalue weighted by atomic mass is 79.9. The molecular weight excluding hydrogens is 305 g/mol. The molecule has 0 aromatic heterocycles. The van der Waals surface area contributed by atoms with E-state index in [1.165, 1.54) is 0 Å². The molecule has 1 rings (SSSR count). The highest BCUT2D eigenvalue weighted by Gasteiger charge is 2.07. The zero-order valence-electron chi connectivity index (χ0n) is 9.85. The monoisotopic (exact) mass is 319 g/mol. The van der Waals surface area contributed by atoms with Gasteiger partial charge in [-0.15, -0.1) is 0 Å². The smallest absolute Gasteiger partial charge is 0.224 e. The number of amides is 1. The number of carbonyl (C=O) groups excluding carboxylic acids is 1. The fourth-order valence-corrected chi connectivity index (χ4v) is 2.05. The minimum atomic E-state index is -0.0392. The van der Waals surface area contributed by atoms with Crippen LogP contribution in [0.1, 0.15) is 18.4 Å². The molecule has 1 aromatic rings. The number of methoxy groups -OCH3 is 1. The lowest BCUT2D eigenvalue weighted by Gasteiger charge is -2.09. The number of anilines is 1. The number of halogens is 2. The van der Waals surface area contributed by atoms with Gasteiger partial charge in [0.1, 0.15) is 0 Å². The highest BCUT2D eigenvalue weighted by Crippen LogP contribution is 2.29. The van der Waals surface area contributed by atoms with Crippen molar-refractivity contribution in [3.63, 3.8) is 0 Å². The van der Waals surface area contributed by atoms with Crippen LogP contribution in [0.15, 0.2) is 16.6 Å². The largest absolute Gasteiger partial charge is 0.385 e. The van der Waals surface area contributed by atoms with E-state index < -0.39 is 0 Å². The van der Waals surface area contributed by atoms with Crippen molar-refractivity contribution in [1.82, 2.24) is 0 Å². The third-order valence-electron chi connectivity index (χ3n) is 2.27. The first-order valence-electron chi connectivity index (χ1n) is 5.29. The summed E-state index contributed by atoms with van der Waals surface area (Å²) in [5.41, 5.74) is 1.67. The van der Waals surface area contributed by atoms with Crippen LogP contribution >= 0.6 is 27.5 Å². The van der Waals surface area contributed by atoms with Crippen LogP contribution < -0.4 is 5.32 Å². The van der Waals surface area contributed by atoms with Gasteiger partial charge in [0, 0.05) is 29.6 Å². The quantitative estimate of drug-likeness (QED) is 0.839. The number of carbonyl (C=O) groups is 1. The number of hydrogen-bond acceptors (Lipinski definition) is 2. The van der Waals surface area contributed by atoms with Crippen LogP contribution in [0.3, 0.4) is 0 Å². The summed E-state index contributed by atoms with van der Waals surface area (Å²) >= 11 is 9.40. The lowest BCUT2D eigenvalue weighted by Crippen LogP contribution is -2.12. The van der Waals surface area contributed by atoms with Gasteiger partial charge in [-0.2, -0.15) is 0 Å². The summed E-state index contributed by atoms with van der Waals surface area (Å²) in [4.78, 5) is 11.6. The Morgan fingerprint density at radius 1 is 1.53 bits per heavy atom. The standard InChI is InChI=1S/C12H15BrClNO2/c1-8-6-9(13)11(7-10(8)14)15-12(16)4-3-5-17-2/h6-7H,3-5H2,1-2H3,(H,15,16). The van der Waals surface area contributed by atoms with Crippen molar-refractivity contribution in [2.45, 2.75) is 19.8 Å². The van der Waals surface area contributed by atoms with Crippen LogP contribution in [0.4, 0.5) is 5.69 Å². The zero-order valence-corrected chi connectivity index (χ0v) is 12.2. The molecule has 1 N–H and O–H groups in total. The molecule has 0 radical (unpaired) electrons. The molecule has 94 valence electrons. The molecule has 0 saturated carbocycles. The van der Waals surface area contributed by atoms with E-state index in [4.69, 9.17) is 16.3 Å². The van der Waals surface area contributed by atoms with E-state index in [1.54, 1.807) is 13.2 Å². The van der Waals surface area contributed by atoms with Gasteiger partial charge in [-0.05, 0) is 47.0 Å². The van der Waals surface area contributed by atoms with Crippen LogP contribution in [0.25, 0.3) is 0 Å². The first kappa shape index (κ1) is 14.5. The van der Waals surface area contributed by atoms with Gasteiger partial charge in [0.15, 0.2) is 0 Å². The van der Waals surface area contributed by atoms with Crippen molar-refractivity contribution in [2.24, 2.45) is 0 Å². The van der Waals surface area contributed by atoms with Gasteiger partial charge in [-0.25, -0.2) is 0 Å². The topological polar surface area (TPSA) is 38.3 Å². The summed E-state index contributed by atoms with van der Waals surface area (Å²) in [5, 5.41) is 3.45. The number of hydrogen-bond donors (Lipinski definition) is 1. The normalized spacial score (nSPS) is 10.4. The molecular formula is C12H15BrClNO2. The van der Waals surface area contributed by atoms with Crippen molar-refractivity contribution in [2.75, 3.05) is 19.0 Å². The fourth-order valence-electron chi connectivity index (χ4n) is 1.33. The summed E-state index contributed by atoms with van der Waals surface area (Å²) in [6.45, 7) is 2.50. The molecule has 17 heavy (non-hydrogen) atoms. The van der Waals surface area contributed by atoms with Crippen molar-refractivity contribution in [3.05, 3.63) is 27.2 Å². The molecule has 0 unspecified atom stereocenters. The van der Waals surface area contributed by atoms with Crippen LogP contribution in [0, 0.1) is 6.92 Å². The maximum absolute atomic E-state index is 11.6. The second-order valence-electron chi connectivity index (χ2n) is 3.73. The molecule has 3 nitrogen and oxygen atoms in total. The molecule has 0 bridgehead atoms. The van der Waals surface area contributed by atoms with Crippen LogP contribution in [-0.2, 0) is 9.53 Å². The summed E-state index contributed by atoms with van der Waals surface area (Å²) < 4.78 is 5.72. The summed E-state index contributed by atoms with van der Waals surface area (Å²) in [6, 6.07) is 3.63. The molecule has 0 spiro atoms. The second kappa shape index (κ2) is 6.99. The first-order chi connectivity index (χ1) is 8.04. The molecule has 0 aliphatic heterocycles. The van der Waals surface area contributed by atoms with Gasteiger partial charge < -0.3 is 10.1 Å². The zero-order chi connectivity index (χ0) is 12.8. The summed E-state index contributed by atoms with van der Waals surface area (Å²) in [6.07, 6.45) is 1.14. The molecule has 0 aliphatic rings. The molecule has 1 aromatic carbocycles. The lowest BCUT2D eigenvalue weighted by atomic mass is 10.2. The van der Waals surface area contributed by atoms with E-state index in [0.717, 1.165) is 10.0 Å². The Kier molecular flexibility index (Phi) is 5.95. The third-order valence-corrected chi connectivity index (χ3v) is 3.34. The molecule has 0 fully saturated rings. The third kappa shape index (κ3) is 4.66. The lowest BCUT2D eigenvalue weighted by molar-refractivity contribution is -0.116. The van der Waals surface area contributed by atoms with E-state index in [9.17, 15) is 4.79 Å². The Labute approximate surface area is 115 Å². The van der Waals surface area contributed by atoms with Crippen molar-refractivity contribution in [1.29, 1.82) is 0 Å². The molecule has 0 heterocycles. The maximum Gasteiger partial charge on any atom is 0.224 e. The highest BCUT2D eigenvalue weighted by molar-refractivity contribution is 9.10. The van der Waals surface area contributed by atoms with Crippen molar-refractivity contribution >= 4 is 39.1 Å². The van der Waals surface area contributed by atoms with Gasteiger partial charge in [-0.3, -0.25) is 4.79 Å². The van der Waals surface area contributed by atoms with Gasteiger partial charge in [0.25, 0.3) is 0 Å². The maximum atomic E-state index is 11.6. The SMILES string of the molecule is COCCCC(=O)Nc1cc(Cl)c(C)cc1Br. The average molecular weight is 321 g/mol. The Morgan fingerprint density at radius 3 is 2.88 bits per heavy atom. The number of ether oxygens (including phenoxy) is 1. The molecule has 0 atom stereocenters. The Hall–Kier alpha value is -0.580. The van der Waals surface area contributed by atoms with Gasteiger partial charge in [-0.1, -0.05) is 11.6 Å². The second-order valence-corrected chi connectivity index (χ2v) is 4.99. The Morgan fingerprint density at radius 2 is 2.24 bits per heavy atom. The van der Waals surface area contributed by atoms with Crippen molar-refractivity contribution < 1.29 is 9.53 Å². The molecule has 0 aliphatic carbocycles. The van der Waals surface area contributed by atoms with E-state index in [1.807, 2.05) is 13.0 Å². The average Bonchev–Trinajstić information content (AvgIpc) is 2.26. The van der Waals surface area contributed by atoms with Gasteiger partial charge in [0.05, 0.1) is 5.69 Å². The minimum Gasteiger partial charge on any atom is -0.385 e. The number of nitrogens with one attached hydrogen (secondary N) is 1. The van der Waals surface area contributed by atoms with Crippen LogP contribution in [0.5, 0.6) is 0 Å². The summed E-state index contributed by atoms with van der Waals surface area (Å²) in [5.74, 6) is -0.0392. The molecule has 0 saturated heterocycles.